The SMILES string of the molecule is CCC(=O)c1cn(Cc2ccc(Cl)cc2)c2ccccc12. The Bertz CT molecular complexity index is 787. The highest BCUT2D eigenvalue weighted by atomic mass is 35.5. The molecule has 0 aliphatic heterocycles. The first-order valence-electron chi connectivity index (χ1n) is 7.04. The molecule has 0 radical (unpaired) electrons. The van der Waals surface area contributed by atoms with E-state index in [1.807, 2.05) is 55.6 Å². The average molecular weight is 298 g/mol. The fourth-order valence-corrected chi connectivity index (χ4v) is 2.70. The second-order valence-electron chi connectivity index (χ2n) is 5.09. The average Bonchev–Trinajstić information content (AvgIpc) is 2.88. The van der Waals surface area contributed by atoms with E-state index in [2.05, 4.69) is 10.6 Å². The lowest BCUT2D eigenvalue weighted by atomic mass is 10.1. The zero-order valence-corrected chi connectivity index (χ0v) is 12.6. The van der Waals surface area contributed by atoms with Gasteiger partial charge in [0.25, 0.3) is 0 Å². The van der Waals surface area contributed by atoms with Crippen molar-refractivity contribution in [3.8, 4) is 0 Å². The lowest BCUT2D eigenvalue weighted by Gasteiger charge is -2.05. The van der Waals surface area contributed by atoms with Crippen LogP contribution in [0.3, 0.4) is 0 Å². The van der Waals surface area contributed by atoms with Gasteiger partial charge in [0.1, 0.15) is 0 Å². The van der Waals surface area contributed by atoms with Gasteiger partial charge in [0.05, 0.1) is 0 Å². The largest absolute Gasteiger partial charge is 0.342 e. The molecule has 0 amide bonds. The summed E-state index contributed by atoms with van der Waals surface area (Å²) in [7, 11) is 0. The molecule has 1 aromatic heterocycles. The van der Waals surface area contributed by atoms with Crippen LogP contribution < -0.4 is 0 Å². The predicted octanol–water partition coefficient (Wildman–Crippen LogP) is 4.94. The minimum Gasteiger partial charge on any atom is -0.342 e. The molecule has 106 valence electrons. The van der Waals surface area contributed by atoms with Gasteiger partial charge in [-0.15, -0.1) is 0 Å². The standard InChI is InChI=1S/C18H16ClNO/c1-2-18(21)16-12-20(17-6-4-3-5-15(16)17)11-13-7-9-14(19)10-8-13/h3-10,12H,2,11H2,1H3. The first kappa shape index (κ1) is 13.9. The van der Waals surface area contributed by atoms with E-state index < -0.39 is 0 Å². The van der Waals surface area contributed by atoms with Crippen molar-refractivity contribution in [2.45, 2.75) is 19.9 Å². The van der Waals surface area contributed by atoms with Crippen LogP contribution in [0.1, 0.15) is 29.3 Å². The summed E-state index contributed by atoms with van der Waals surface area (Å²) in [6.07, 6.45) is 2.49. The van der Waals surface area contributed by atoms with Crippen LogP contribution in [-0.2, 0) is 6.54 Å². The first-order valence-corrected chi connectivity index (χ1v) is 7.42. The summed E-state index contributed by atoms with van der Waals surface area (Å²) in [5.74, 6) is 0.182. The van der Waals surface area contributed by atoms with Crippen molar-refractivity contribution in [2.75, 3.05) is 0 Å². The second kappa shape index (κ2) is 5.74. The lowest BCUT2D eigenvalue weighted by molar-refractivity contribution is 0.0989. The Morgan fingerprint density at radius 3 is 2.52 bits per heavy atom. The number of carbonyl (C=O) groups is 1. The van der Waals surface area contributed by atoms with E-state index in [1.54, 1.807) is 0 Å². The van der Waals surface area contributed by atoms with Crippen molar-refractivity contribution in [1.82, 2.24) is 4.57 Å². The number of benzene rings is 2. The Kier molecular flexibility index (Phi) is 3.80. The molecule has 3 heteroatoms. The molecular formula is C18H16ClNO. The van der Waals surface area contributed by atoms with E-state index in [1.165, 1.54) is 0 Å². The van der Waals surface area contributed by atoms with Gasteiger partial charge >= 0.3 is 0 Å². The highest BCUT2D eigenvalue weighted by Crippen LogP contribution is 2.24. The van der Waals surface area contributed by atoms with Gasteiger partial charge in [-0.2, -0.15) is 0 Å². The normalized spacial score (nSPS) is 11.0. The number of carbonyl (C=O) groups excluding carboxylic acids is 1. The highest BCUT2D eigenvalue weighted by molar-refractivity contribution is 6.30. The van der Waals surface area contributed by atoms with Gasteiger partial charge in [0.15, 0.2) is 5.78 Å². The summed E-state index contributed by atoms with van der Waals surface area (Å²) in [5, 5.41) is 1.76. The van der Waals surface area contributed by atoms with E-state index in [0.717, 1.165) is 33.6 Å². The smallest absolute Gasteiger partial charge is 0.164 e. The predicted molar refractivity (Wildman–Crippen MR) is 87.1 cm³/mol. The molecule has 0 atom stereocenters. The fraction of sp³-hybridized carbons (Fsp3) is 0.167. The Balaban J connectivity index is 2.06. The third kappa shape index (κ3) is 2.72. The maximum absolute atomic E-state index is 12.1. The third-order valence-electron chi connectivity index (χ3n) is 3.68. The van der Waals surface area contributed by atoms with Gasteiger partial charge < -0.3 is 4.57 Å². The number of para-hydroxylation sites is 1. The number of rotatable bonds is 4. The number of Topliss-reactive ketones (excluding diaryl/α,β-unsaturated/α-hetero) is 1. The Morgan fingerprint density at radius 1 is 1.10 bits per heavy atom. The van der Waals surface area contributed by atoms with Crippen LogP contribution >= 0.6 is 11.6 Å². The van der Waals surface area contributed by atoms with Crippen LogP contribution in [0, 0.1) is 0 Å². The van der Waals surface area contributed by atoms with Crippen molar-refractivity contribution in [3.63, 3.8) is 0 Å². The number of hydrogen-bond donors (Lipinski definition) is 0. The van der Waals surface area contributed by atoms with Gasteiger partial charge in [0, 0.05) is 40.7 Å². The molecule has 0 saturated carbocycles. The summed E-state index contributed by atoms with van der Waals surface area (Å²) >= 11 is 5.92. The first-order chi connectivity index (χ1) is 10.2. The molecule has 1 heterocycles. The van der Waals surface area contributed by atoms with E-state index in [0.29, 0.717) is 6.42 Å². The Hall–Kier alpha value is -2.06. The van der Waals surface area contributed by atoms with Crippen LogP contribution in [-0.4, -0.2) is 10.4 Å². The van der Waals surface area contributed by atoms with Crippen LogP contribution in [0.25, 0.3) is 10.9 Å². The topological polar surface area (TPSA) is 22.0 Å². The zero-order valence-electron chi connectivity index (χ0n) is 11.8. The summed E-state index contributed by atoms with van der Waals surface area (Å²) in [6.45, 7) is 2.63. The second-order valence-corrected chi connectivity index (χ2v) is 5.53. The molecule has 0 unspecified atom stereocenters. The number of halogens is 1. The van der Waals surface area contributed by atoms with Crippen molar-refractivity contribution in [1.29, 1.82) is 0 Å². The number of hydrogen-bond acceptors (Lipinski definition) is 1. The van der Waals surface area contributed by atoms with Crippen LogP contribution in [0.2, 0.25) is 5.02 Å². The van der Waals surface area contributed by atoms with Crippen LogP contribution in [0.4, 0.5) is 0 Å². The van der Waals surface area contributed by atoms with Crippen molar-refractivity contribution >= 4 is 28.3 Å². The maximum Gasteiger partial charge on any atom is 0.164 e. The van der Waals surface area contributed by atoms with Crippen LogP contribution in [0.15, 0.2) is 54.7 Å². The summed E-state index contributed by atoms with van der Waals surface area (Å²) in [4.78, 5) is 12.1. The molecule has 0 fully saturated rings. The van der Waals surface area contributed by atoms with E-state index in [4.69, 9.17) is 11.6 Å². The molecule has 0 aliphatic carbocycles. The number of nitrogens with zero attached hydrogens (tertiary/aromatic N) is 1. The van der Waals surface area contributed by atoms with Gasteiger partial charge in [-0.3, -0.25) is 4.79 Å². The quantitative estimate of drug-likeness (QED) is 0.625. The minimum atomic E-state index is 0.182. The molecule has 2 nitrogen and oxygen atoms in total. The minimum absolute atomic E-state index is 0.182. The van der Waals surface area contributed by atoms with Crippen molar-refractivity contribution in [2.24, 2.45) is 0 Å². The number of aromatic nitrogens is 1. The molecule has 3 rings (SSSR count). The van der Waals surface area contributed by atoms with Gasteiger partial charge in [0.2, 0.25) is 0 Å². The summed E-state index contributed by atoms with van der Waals surface area (Å²) in [5.41, 5.74) is 3.06. The van der Waals surface area contributed by atoms with Crippen LogP contribution in [0.5, 0.6) is 0 Å². The molecule has 0 bridgehead atoms. The molecule has 3 aromatic rings. The maximum atomic E-state index is 12.1. The Labute approximate surface area is 129 Å². The fourth-order valence-electron chi connectivity index (χ4n) is 2.58. The monoisotopic (exact) mass is 297 g/mol. The molecule has 21 heavy (non-hydrogen) atoms. The number of fused-ring (bicyclic) bond motifs is 1. The molecule has 0 spiro atoms. The molecule has 0 N–H and O–H groups in total. The van der Waals surface area contributed by atoms with Crippen molar-refractivity contribution < 1.29 is 4.79 Å². The van der Waals surface area contributed by atoms with Gasteiger partial charge in [-0.1, -0.05) is 48.9 Å². The number of ketones is 1. The molecular weight excluding hydrogens is 282 g/mol. The molecule has 0 saturated heterocycles. The van der Waals surface area contributed by atoms with Gasteiger partial charge in [-0.25, -0.2) is 0 Å². The molecule has 2 aromatic carbocycles. The van der Waals surface area contributed by atoms with E-state index in [-0.39, 0.29) is 5.78 Å². The van der Waals surface area contributed by atoms with Crippen molar-refractivity contribution in [3.05, 3.63) is 70.9 Å². The third-order valence-corrected chi connectivity index (χ3v) is 3.93. The summed E-state index contributed by atoms with van der Waals surface area (Å²) in [6, 6.07) is 15.8. The zero-order chi connectivity index (χ0) is 14.8. The lowest BCUT2D eigenvalue weighted by Crippen LogP contribution is -1.98. The van der Waals surface area contributed by atoms with E-state index >= 15 is 0 Å². The van der Waals surface area contributed by atoms with E-state index in [9.17, 15) is 4.79 Å². The summed E-state index contributed by atoms with van der Waals surface area (Å²) < 4.78 is 2.13. The Morgan fingerprint density at radius 2 is 1.81 bits per heavy atom. The highest BCUT2D eigenvalue weighted by Gasteiger charge is 2.13. The van der Waals surface area contributed by atoms with Gasteiger partial charge in [-0.05, 0) is 23.8 Å². The molecule has 0 aliphatic rings.